The van der Waals surface area contributed by atoms with Gasteiger partial charge in [0.15, 0.2) is 0 Å². The first-order chi connectivity index (χ1) is 12.2. The highest BCUT2D eigenvalue weighted by Crippen LogP contribution is 2.29. The topological polar surface area (TPSA) is 103 Å². The number of rotatable bonds is 3. The summed E-state index contributed by atoms with van der Waals surface area (Å²) in [5, 5.41) is 2.52. The van der Waals surface area contributed by atoms with E-state index in [1.807, 2.05) is 13.8 Å². The SMILES string of the molecule is CC.CC(C)(C)OC(=O)NCc1ccc(-c2ccnc(N)c2N)cc1F. The number of nitrogens with one attached hydrogen (secondary N) is 1. The zero-order valence-electron chi connectivity index (χ0n) is 15.9. The maximum atomic E-state index is 14.3. The number of nitrogen functional groups attached to an aromatic ring is 2. The summed E-state index contributed by atoms with van der Waals surface area (Å²) in [6, 6.07) is 6.30. The molecule has 0 spiro atoms. The van der Waals surface area contributed by atoms with Crippen LogP contribution in [0.25, 0.3) is 11.1 Å². The van der Waals surface area contributed by atoms with Gasteiger partial charge in [-0.2, -0.15) is 0 Å². The van der Waals surface area contributed by atoms with Gasteiger partial charge in [0.05, 0.1) is 5.69 Å². The summed E-state index contributed by atoms with van der Waals surface area (Å²) in [4.78, 5) is 15.5. The van der Waals surface area contributed by atoms with Crippen LogP contribution in [0, 0.1) is 5.82 Å². The van der Waals surface area contributed by atoms with E-state index in [2.05, 4.69) is 10.3 Å². The van der Waals surface area contributed by atoms with Gasteiger partial charge in [-0.05, 0) is 38.5 Å². The molecule has 0 aliphatic heterocycles. The molecule has 2 rings (SSSR count). The van der Waals surface area contributed by atoms with E-state index >= 15 is 0 Å². The number of halogens is 1. The molecule has 0 saturated carbocycles. The van der Waals surface area contributed by atoms with Crippen LogP contribution < -0.4 is 16.8 Å². The van der Waals surface area contributed by atoms with Crippen molar-refractivity contribution < 1.29 is 13.9 Å². The molecule has 0 fully saturated rings. The van der Waals surface area contributed by atoms with E-state index in [4.69, 9.17) is 16.2 Å². The van der Waals surface area contributed by atoms with Crippen LogP contribution in [0.2, 0.25) is 0 Å². The molecule has 1 amide bonds. The fourth-order valence-electron chi connectivity index (χ4n) is 2.08. The molecule has 0 aliphatic rings. The Kier molecular flexibility index (Phi) is 7.37. The Morgan fingerprint density at radius 1 is 1.23 bits per heavy atom. The van der Waals surface area contributed by atoms with Crippen LogP contribution in [0.15, 0.2) is 30.5 Å². The van der Waals surface area contributed by atoms with Gasteiger partial charge in [0.2, 0.25) is 0 Å². The molecule has 2 aromatic rings. The normalized spacial score (nSPS) is 10.5. The second-order valence-corrected chi connectivity index (χ2v) is 6.32. The number of ether oxygens (including phenoxy) is 1. The molecule has 1 aromatic carbocycles. The van der Waals surface area contributed by atoms with Crippen molar-refractivity contribution in [2.45, 2.75) is 46.8 Å². The maximum Gasteiger partial charge on any atom is 0.407 e. The van der Waals surface area contributed by atoms with E-state index in [0.717, 1.165) is 0 Å². The number of carbonyl (C=O) groups excluding carboxylic acids is 1. The lowest BCUT2D eigenvalue weighted by Gasteiger charge is -2.19. The minimum atomic E-state index is -0.606. The van der Waals surface area contributed by atoms with Crippen LogP contribution in [0.4, 0.5) is 20.7 Å². The highest BCUT2D eigenvalue weighted by atomic mass is 19.1. The number of benzene rings is 1. The molecule has 1 heterocycles. The van der Waals surface area contributed by atoms with Gasteiger partial charge in [-0.3, -0.25) is 0 Å². The van der Waals surface area contributed by atoms with Crippen molar-refractivity contribution in [3.05, 3.63) is 41.8 Å². The zero-order chi connectivity index (χ0) is 19.9. The van der Waals surface area contributed by atoms with E-state index in [9.17, 15) is 9.18 Å². The van der Waals surface area contributed by atoms with E-state index in [1.165, 1.54) is 12.3 Å². The summed E-state index contributed by atoms with van der Waals surface area (Å²) >= 11 is 0. The summed E-state index contributed by atoms with van der Waals surface area (Å²) in [5.74, 6) is -0.262. The fraction of sp³-hybridized carbons (Fsp3) is 0.368. The Bertz CT molecular complexity index is 758. The van der Waals surface area contributed by atoms with Gasteiger partial charge in [0.1, 0.15) is 17.2 Å². The third-order valence-corrected chi connectivity index (χ3v) is 3.21. The molecule has 0 atom stereocenters. The lowest BCUT2D eigenvalue weighted by atomic mass is 10.0. The number of hydrogen-bond acceptors (Lipinski definition) is 5. The lowest BCUT2D eigenvalue weighted by molar-refractivity contribution is 0.0523. The Labute approximate surface area is 153 Å². The molecule has 142 valence electrons. The minimum Gasteiger partial charge on any atom is -0.444 e. The monoisotopic (exact) mass is 362 g/mol. The van der Waals surface area contributed by atoms with Crippen molar-refractivity contribution in [1.82, 2.24) is 10.3 Å². The molecule has 5 N–H and O–H groups in total. The number of nitrogens with two attached hydrogens (primary N) is 2. The number of hydrogen-bond donors (Lipinski definition) is 3. The average molecular weight is 362 g/mol. The van der Waals surface area contributed by atoms with Crippen molar-refractivity contribution >= 4 is 17.6 Å². The Balaban J connectivity index is 0.00000163. The summed E-state index contributed by atoms with van der Waals surface area (Å²) in [7, 11) is 0. The molecule has 6 nitrogen and oxygen atoms in total. The molecule has 7 heteroatoms. The highest BCUT2D eigenvalue weighted by Gasteiger charge is 2.16. The van der Waals surface area contributed by atoms with E-state index in [0.29, 0.717) is 22.4 Å². The largest absolute Gasteiger partial charge is 0.444 e. The predicted molar refractivity (Wildman–Crippen MR) is 103 cm³/mol. The first-order valence-electron chi connectivity index (χ1n) is 8.43. The fourth-order valence-corrected chi connectivity index (χ4v) is 2.08. The standard InChI is InChI=1S/C17H21FN4O2.C2H6/c1-17(2,3)24-16(23)22-9-11-5-4-10(8-13(11)18)12-6-7-21-15(20)14(12)19;1-2/h4-8H,9,19H2,1-3H3,(H2,20,21)(H,22,23);1-2H3. The minimum absolute atomic E-state index is 0.0228. The molecule has 1 aromatic heterocycles. The van der Waals surface area contributed by atoms with Gasteiger partial charge in [0.25, 0.3) is 0 Å². The van der Waals surface area contributed by atoms with Crippen LogP contribution in [0.1, 0.15) is 40.2 Å². The highest BCUT2D eigenvalue weighted by molar-refractivity contribution is 5.82. The third-order valence-electron chi connectivity index (χ3n) is 3.21. The second kappa shape index (κ2) is 9.03. The van der Waals surface area contributed by atoms with Gasteiger partial charge < -0.3 is 21.5 Å². The zero-order valence-corrected chi connectivity index (χ0v) is 15.9. The van der Waals surface area contributed by atoms with Crippen molar-refractivity contribution in [3.8, 4) is 11.1 Å². The quantitative estimate of drug-likeness (QED) is 0.762. The van der Waals surface area contributed by atoms with Gasteiger partial charge >= 0.3 is 6.09 Å². The van der Waals surface area contributed by atoms with Gasteiger partial charge in [0, 0.05) is 23.9 Å². The molecule has 26 heavy (non-hydrogen) atoms. The summed E-state index contributed by atoms with van der Waals surface area (Å²) in [5.41, 5.74) is 12.8. The van der Waals surface area contributed by atoms with Crippen LogP contribution in [0.3, 0.4) is 0 Å². The van der Waals surface area contributed by atoms with E-state index < -0.39 is 17.5 Å². The average Bonchev–Trinajstić information content (AvgIpc) is 2.56. The number of pyridine rings is 1. The number of anilines is 2. The lowest BCUT2D eigenvalue weighted by Crippen LogP contribution is -2.32. The molecule has 0 saturated heterocycles. The van der Waals surface area contributed by atoms with Crippen LogP contribution in [-0.4, -0.2) is 16.7 Å². The maximum absolute atomic E-state index is 14.3. The van der Waals surface area contributed by atoms with Crippen molar-refractivity contribution in [2.24, 2.45) is 0 Å². The molecule has 0 unspecified atom stereocenters. The van der Waals surface area contributed by atoms with Crippen LogP contribution >= 0.6 is 0 Å². The molecular weight excluding hydrogens is 335 g/mol. The third kappa shape index (κ3) is 5.91. The summed E-state index contributed by atoms with van der Waals surface area (Å²) < 4.78 is 19.4. The molecule has 0 aliphatic carbocycles. The van der Waals surface area contributed by atoms with Gasteiger partial charge in [-0.15, -0.1) is 0 Å². The molecular formula is C19H27FN4O2. The number of amides is 1. The number of carbonyl (C=O) groups is 1. The first kappa shape index (κ1) is 21.2. The van der Waals surface area contributed by atoms with Crippen LogP contribution in [-0.2, 0) is 11.3 Å². The number of alkyl carbamates (subject to hydrolysis) is 1. The Morgan fingerprint density at radius 2 is 1.88 bits per heavy atom. The first-order valence-corrected chi connectivity index (χ1v) is 8.43. The smallest absolute Gasteiger partial charge is 0.407 e. The number of aromatic nitrogens is 1. The van der Waals surface area contributed by atoms with E-state index in [1.54, 1.807) is 39.0 Å². The van der Waals surface area contributed by atoms with Gasteiger partial charge in [-0.25, -0.2) is 14.2 Å². The second-order valence-electron chi connectivity index (χ2n) is 6.32. The number of nitrogens with zero attached hydrogens (tertiary/aromatic N) is 1. The molecule has 0 radical (unpaired) electrons. The van der Waals surface area contributed by atoms with E-state index in [-0.39, 0.29) is 12.4 Å². The predicted octanol–water partition coefficient (Wildman–Crippen LogP) is 4.10. The van der Waals surface area contributed by atoms with Crippen molar-refractivity contribution in [3.63, 3.8) is 0 Å². The summed E-state index contributed by atoms with van der Waals surface area (Å²) in [6.45, 7) is 9.29. The van der Waals surface area contributed by atoms with Crippen molar-refractivity contribution in [2.75, 3.05) is 11.5 Å². The van der Waals surface area contributed by atoms with Crippen LogP contribution in [0.5, 0.6) is 0 Å². The Hall–Kier alpha value is -2.83. The van der Waals surface area contributed by atoms with Crippen molar-refractivity contribution in [1.29, 1.82) is 0 Å². The summed E-state index contributed by atoms with van der Waals surface area (Å²) in [6.07, 6.45) is 0.911. The Morgan fingerprint density at radius 3 is 2.46 bits per heavy atom. The van der Waals surface area contributed by atoms with Gasteiger partial charge in [-0.1, -0.05) is 26.0 Å². The molecule has 0 bridgehead atoms.